The molecule has 0 aliphatic heterocycles. The van der Waals surface area contributed by atoms with Gasteiger partial charge in [-0.1, -0.05) is 23.7 Å². The average Bonchev–Trinajstić information content (AvgIpc) is 2.90. The van der Waals surface area contributed by atoms with E-state index in [1.807, 2.05) is 42.5 Å². The second-order valence-corrected chi connectivity index (χ2v) is 5.82. The third kappa shape index (κ3) is 3.24. The number of likely N-dealkylation sites (N-methyl/N-ethyl adjacent to an activating group) is 1. The molecule has 0 unspecified atom stereocenters. The molecule has 0 saturated heterocycles. The number of fused-ring (bicyclic) bond motifs is 1. The van der Waals surface area contributed by atoms with Crippen molar-refractivity contribution in [3.05, 3.63) is 47.5 Å². The molecular formula is C17H18ClN3O. The minimum atomic E-state index is 0.547. The van der Waals surface area contributed by atoms with Crippen LogP contribution >= 0.6 is 11.6 Å². The van der Waals surface area contributed by atoms with Crippen LogP contribution in [0.25, 0.3) is 22.6 Å². The number of hydrogen-bond donors (Lipinski definition) is 1. The zero-order valence-electron chi connectivity index (χ0n) is 12.6. The Morgan fingerprint density at radius 3 is 2.77 bits per heavy atom. The summed E-state index contributed by atoms with van der Waals surface area (Å²) in [6, 6.07) is 13.5. The van der Waals surface area contributed by atoms with Crippen LogP contribution in [0.3, 0.4) is 0 Å². The summed E-state index contributed by atoms with van der Waals surface area (Å²) in [5.74, 6) is 0.547. The lowest BCUT2D eigenvalue weighted by molar-refractivity contribution is 0.425. The largest absolute Gasteiger partial charge is 0.436 e. The van der Waals surface area contributed by atoms with Crippen LogP contribution in [0.1, 0.15) is 0 Å². The van der Waals surface area contributed by atoms with Gasteiger partial charge in [0.1, 0.15) is 5.52 Å². The van der Waals surface area contributed by atoms with E-state index in [4.69, 9.17) is 16.0 Å². The number of hydrogen-bond acceptors (Lipinski definition) is 4. The molecule has 4 nitrogen and oxygen atoms in total. The fourth-order valence-electron chi connectivity index (χ4n) is 2.21. The summed E-state index contributed by atoms with van der Waals surface area (Å²) >= 11 is 6.20. The highest BCUT2D eigenvalue weighted by atomic mass is 35.5. The van der Waals surface area contributed by atoms with E-state index in [2.05, 4.69) is 29.3 Å². The van der Waals surface area contributed by atoms with E-state index in [9.17, 15) is 0 Å². The van der Waals surface area contributed by atoms with Gasteiger partial charge < -0.3 is 14.6 Å². The smallest absolute Gasteiger partial charge is 0.228 e. The molecular weight excluding hydrogens is 298 g/mol. The van der Waals surface area contributed by atoms with Crippen molar-refractivity contribution in [2.24, 2.45) is 0 Å². The molecule has 0 aliphatic rings. The molecule has 1 N–H and O–H groups in total. The number of halogens is 1. The molecule has 0 spiro atoms. The lowest BCUT2D eigenvalue weighted by Gasteiger charge is -2.10. The zero-order chi connectivity index (χ0) is 15.5. The molecule has 3 aromatic rings. The summed E-state index contributed by atoms with van der Waals surface area (Å²) in [7, 11) is 4.11. The van der Waals surface area contributed by atoms with Crippen LogP contribution in [-0.4, -0.2) is 37.1 Å². The van der Waals surface area contributed by atoms with Gasteiger partial charge in [0, 0.05) is 24.8 Å². The Morgan fingerprint density at radius 2 is 2.00 bits per heavy atom. The molecule has 3 rings (SSSR count). The Hall–Kier alpha value is -2.04. The minimum absolute atomic E-state index is 0.547. The SMILES string of the molecule is CN(C)CCNc1ccc2nc(-c3ccccc3Cl)oc2c1. The van der Waals surface area contributed by atoms with Gasteiger partial charge in [-0.05, 0) is 38.4 Å². The molecule has 22 heavy (non-hydrogen) atoms. The molecule has 1 heterocycles. The van der Waals surface area contributed by atoms with E-state index in [0.29, 0.717) is 10.9 Å². The molecule has 2 aromatic carbocycles. The predicted molar refractivity (Wildman–Crippen MR) is 91.5 cm³/mol. The van der Waals surface area contributed by atoms with Gasteiger partial charge >= 0.3 is 0 Å². The maximum Gasteiger partial charge on any atom is 0.228 e. The molecule has 5 heteroatoms. The Balaban J connectivity index is 1.86. The lowest BCUT2D eigenvalue weighted by atomic mass is 10.2. The predicted octanol–water partition coefficient (Wildman–Crippen LogP) is 4.12. The van der Waals surface area contributed by atoms with Crippen LogP contribution in [0.4, 0.5) is 5.69 Å². The molecule has 0 atom stereocenters. The van der Waals surface area contributed by atoms with Gasteiger partial charge in [0.05, 0.1) is 10.6 Å². The maximum absolute atomic E-state index is 6.20. The second-order valence-electron chi connectivity index (χ2n) is 5.41. The Labute approximate surface area is 134 Å². The number of nitrogens with zero attached hydrogens (tertiary/aromatic N) is 2. The van der Waals surface area contributed by atoms with Gasteiger partial charge in [-0.3, -0.25) is 0 Å². The van der Waals surface area contributed by atoms with Gasteiger partial charge in [0.25, 0.3) is 0 Å². The van der Waals surface area contributed by atoms with E-state index in [0.717, 1.165) is 35.4 Å². The second kappa shape index (κ2) is 6.38. The molecule has 1 aromatic heterocycles. The van der Waals surface area contributed by atoms with E-state index >= 15 is 0 Å². The van der Waals surface area contributed by atoms with Crippen LogP contribution < -0.4 is 5.32 Å². The third-order valence-electron chi connectivity index (χ3n) is 3.38. The first-order valence-corrected chi connectivity index (χ1v) is 7.55. The van der Waals surface area contributed by atoms with Crippen molar-refractivity contribution in [3.8, 4) is 11.5 Å². The summed E-state index contributed by atoms with van der Waals surface area (Å²) in [4.78, 5) is 6.64. The maximum atomic E-state index is 6.20. The van der Waals surface area contributed by atoms with Gasteiger partial charge in [0.2, 0.25) is 5.89 Å². The highest BCUT2D eigenvalue weighted by Gasteiger charge is 2.11. The van der Waals surface area contributed by atoms with Crippen molar-refractivity contribution in [1.29, 1.82) is 0 Å². The highest BCUT2D eigenvalue weighted by Crippen LogP contribution is 2.30. The van der Waals surface area contributed by atoms with Gasteiger partial charge in [0.15, 0.2) is 5.58 Å². The molecule has 0 radical (unpaired) electrons. The van der Waals surface area contributed by atoms with Crippen molar-refractivity contribution in [2.75, 3.05) is 32.5 Å². The number of rotatable bonds is 5. The molecule has 0 aliphatic carbocycles. The Bertz CT molecular complexity index is 782. The van der Waals surface area contributed by atoms with Crippen molar-refractivity contribution in [3.63, 3.8) is 0 Å². The zero-order valence-corrected chi connectivity index (χ0v) is 13.4. The number of oxazole rings is 1. The summed E-state index contributed by atoms with van der Waals surface area (Å²) in [6.45, 7) is 1.85. The van der Waals surface area contributed by atoms with Crippen molar-refractivity contribution < 1.29 is 4.42 Å². The first kappa shape index (κ1) is 14.9. The molecule has 0 amide bonds. The van der Waals surface area contributed by atoms with Crippen LogP contribution in [0.2, 0.25) is 5.02 Å². The number of nitrogens with one attached hydrogen (secondary N) is 1. The van der Waals surface area contributed by atoms with Crippen LogP contribution in [0, 0.1) is 0 Å². The molecule has 114 valence electrons. The van der Waals surface area contributed by atoms with Gasteiger partial charge in [-0.15, -0.1) is 0 Å². The van der Waals surface area contributed by atoms with E-state index in [-0.39, 0.29) is 0 Å². The monoisotopic (exact) mass is 315 g/mol. The van der Waals surface area contributed by atoms with Crippen LogP contribution in [-0.2, 0) is 0 Å². The van der Waals surface area contributed by atoms with E-state index < -0.39 is 0 Å². The summed E-state index contributed by atoms with van der Waals surface area (Å²) in [5, 5.41) is 4.01. The number of benzene rings is 2. The topological polar surface area (TPSA) is 41.3 Å². The van der Waals surface area contributed by atoms with Gasteiger partial charge in [-0.2, -0.15) is 0 Å². The summed E-state index contributed by atoms with van der Waals surface area (Å²) in [5.41, 5.74) is 3.41. The number of aromatic nitrogens is 1. The molecule has 0 fully saturated rings. The van der Waals surface area contributed by atoms with E-state index in [1.54, 1.807) is 0 Å². The first-order chi connectivity index (χ1) is 10.6. The Morgan fingerprint density at radius 1 is 1.18 bits per heavy atom. The lowest BCUT2D eigenvalue weighted by Crippen LogP contribution is -2.20. The van der Waals surface area contributed by atoms with Crippen molar-refractivity contribution in [2.45, 2.75) is 0 Å². The highest BCUT2D eigenvalue weighted by molar-refractivity contribution is 6.33. The summed E-state index contributed by atoms with van der Waals surface area (Å²) in [6.07, 6.45) is 0. The number of anilines is 1. The van der Waals surface area contributed by atoms with Crippen molar-refractivity contribution >= 4 is 28.4 Å². The average molecular weight is 316 g/mol. The molecule has 0 bridgehead atoms. The summed E-state index contributed by atoms with van der Waals surface area (Å²) < 4.78 is 5.86. The first-order valence-electron chi connectivity index (χ1n) is 7.17. The minimum Gasteiger partial charge on any atom is -0.436 e. The fourth-order valence-corrected chi connectivity index (χ4v) is 2.42. The normalized spacial score (nSPS) is 11.3. The standard InChI is InChI=1S/C17H18ClN3O/c1-21(2)10-9-19-12-7-8-15-16(11-12)22-17(20-15)13-5-3-4-6-14(13)18/h3-8,11,19H,9-10H2,1-2H3. The molecule has 0 saturated carbocycles. The van der Waals surface area contributed by atoms with E-state index in [1.165, 1.54) is 0 Å². The van der Waals surface area contributed by atoms with Crippen LogP contribution in [0.5, 0.6) is 0 Å². The quantitative estimate of drug-likeness (QED) is 0.769. The van der Waals surface area contributed by atoms with Crippen molar-refractivity contribution in [1.82, 2.24) is 9.88 Å². The van der Waals surface area contributed by atoms with Gasteiger partial charge in [-0.25, -0.2) is 4.98 Å². The fraction of sp³-hybridized carbons (Fsp3) is 0.235. The third-order valence-corrected chi connectivity index (χ3v) is 3.71. The van der Waals surface area contributed by atoms with Crippen LogP contribution in [0.15, 0.2) is 46.9 Å². The Kier molecular flexibility index (Phi) is 4.32.